The summed E-state index contributed by atoms with van der Waals surface area (Å²) in [6, 6.07) is 0. The molecular weight excluding hydrogens is 152 g/mol. The molecule has 4 unspecified atom stereocenters. The molecule has 12 heavy (non-hydrogen) atoms. The second-order valence-corrected chi connectivity index (χ2v) is 3.67. The van der Waals surface area contributed by atoms with Crippen LogP contribution in [0.15, 0.2) is 12.3 Å². The number of hydrogen-bond acceptors (Lipinski definition) is 2. The van der Waals surface area contributed by atoms with Crippen molar-refractivity contribution in [1.82, 2.24) is 0 Å². The summed E-state index contributed by atoms with van der Waals surface area (Å²) in [6.45, 7) is 9.85. The Bertz CT molecular complexity index is 175. The Labute approximate surface area is 74.2 Å². The van der Waals surface area contributed by atoms with Gasteiger partial charge >= 0.3 is 0 Å². The van der Waals surface area contributed by atoms with Crippen LogP contribution in [-0.2, 0) is 4.74 Å². The summed E-state index contributed by atoms with van der Waals surface area (Å²) in [7, 11) is 0. The summed E-state index contributed by atoms with van der Waals surface area (Å²) in [5.41, 5.74) is 0. The second-order valence-electron chi connectivity index (χ2n) is 3.67. The van der Waals surface area contributed by atoms with Gasteiger partial charge in [0.2, 0.25) is 0 Å². The lowest BCUT2D eigenvalue weighted by Gasteiger charge is -2.38. The minimum Gasteiger partial charge on any atom is -0.495 e. The quantitative estimate of drug-likeness (QED) is 0.651. The molecule has 0 aromatic rings. The van der Waals surface area contributed by atoms with Gasteiger partial charge in [0.1, 0.15) is 6.10 Å². The van der Waals surface area contributed by atoms with E-state index in [1.54, 1.807) is 0 Å². The van der Waals surface area contributed by atoms with Gasteiger partial charge in [-0.1, -0.05) is 27.4 Å². The van der Waals surface area contributed by atoms with Crippen LogP contribution in [0.2, 0.25) is 0 Å². The third kappa shape index (κ3) is 1.48. The Hall–Kier alpha value is -0.500. The fourth-order valence-electron chi connectivity index (χ4n) is 1.73. The Morgan fingerprint density at radius 1 is 1.50 bits per heavy atom. The molecule has 1 saturated heterocycles. The van der Waals surface area contributed by atoms with Crippen molar-refractivity contribution in [3.05, 3.63) is 12.3 Å². The average Bonchev–Trinajstić information content (AvgIpc) is 2.08. The molecule has 0 aromatic carbocycles. The molecule has 0 bridgehead atoms. The van der Waals surface area contributed by atoms with Crippen molar-refractivity contribution in [3.8, 4) is 0 Å². The van der Waals surface area contributed by atoms with Gasteiger partial charge in [-0.3, -0.25) is 0 Å². The highest BCUT2D eigenvalue weighted by Crippen LogP contribution is 2.32. The van der Waals surface area contributed by atoms with Crippen molar-refractivity contribution in [2.75, 3.05) is 0 Å². The van der Waals surface area contributed by atoms with Crippen LogP contribution in [0, 0.1) is 11.8 Å². The number of hydrogen-bond donors (Lipinski definition) is 1. The zero-order chi connectivity index (χ0) is 9.30. The van der Waals surface area contributed by atoms with Crippen LogP contribution >= 0.6 is 0 Å². The normalized spacial score (nSPS) is 42.5. The van der Waals surface area contributed by atoms with Gasteiger partial charge in [-0.2, -0.15) is 0 Å². The first-order valence-electron chi connectivity index (χ1n) is 4.61. The van der Waals surface area contributed by atoms with E-state index in [0.29, 0.717) is 0 Å². The maximum absolute atomic E-state index is 9.78. The molecule has 0 spiro atoms. The van der Waals surface area contributed by atoms with E-state index in [4.69, 9.17) is 4.74 Å². The highest BCUT2D eigenvalue weighted by molar-refractivity contribution is 5.00. The molecule has 0 radical (unpaired) electrons. The van der Waals surface area contributed by atoms with Crippen LogP contribution in [0.5, 0.6) is 0 Å². The molecule has 2 nitrogen and oxygen atoms in total. The van der Waals surface area contributed by atoms with Crippen LogP contribution in [0.1, 0.15) is 27.2 Å². The van der Waals surface area contributed by atoms with Gasteiger partial charge in [-0.05, 0) is 6.42 Å². The summed E-state index contributed by atoms with van der Waals surface area (Å²) in [4.78, 5) is 0. The Balaban J connectivity index is 2.70. The third-order valence-electron chi connectivity index (χ3n) is 2.85. The van der Waals surface area contributed by atoms with Crippen LogP contribution < -0.4 is 0 Å². The van der Waals surface area contributed by atoms with Crippen LogP contribution in [0.3, 0.4) is 0 Å². The lowest BCUT2D eigenvalue weighted by Crippen LogP contribution is -2.41. The molecule has 0 aliphatic carbocycles. The molecule has 1 N–H and O–H groups in total. The summed E-state index contributed by atoms with van der Waals surface area (Å²) in [6.07, 6.45) is 0.782. The van der Waals surface area contributed by atoms with E-state index in [9.17, 15) is 5.11 Å². The molecule has 1 aliphatic heterocycles. The fourth-order valence-corrected chi connectivity index (χ4v) is 1.73. The first-order chi connectivity index (χ1) is 5.57. The number of rotatable bonds is 1. The van der Waals surface area contributed by atoms with E-state index in [2.05, 4.69) is 13.5 Å². The molecule has 0 amide bonds. The topological polar surface area (TPSA) is 29.5 Å². The first-order valence-corrected chi connectivity index (χ1v) is 4.61. The summed E-state index contributed by atoms with van der Waals surface area (Å²) in [5, 5.41) is 9.78. The lowest BCUT2D eigenvalue weighted by molar-refractivity contribution is -0.0762. The van der Waals surface area contributed by atoms with Gasteiger partial charge in [0.25, 0.3) is 0 Å². The van der Waals surface area contributed by atoms with Crippen LogP contribution in [-0.4, -0.2) is 17.3 Å². The smallest absolute Gasteiger partial charge is 0.103 e. The number of ether oxygens (including phenoxy) is 1. The van der Waals surface area contributed by atoms with Gasteiger partial charge in [0, 0.05) is 11.8 Å². The molecule has 1 rings (SSSR count). The zero-order valence-electron chi connectivity index (χ0n) is 8.08. The van der Waals surface area contributed by atoms with E-state index in [1.165, 1.54) is 0 Å². The molecule has 2 heteroatoms. The van der Waals surface area contributed by atoms with Gasteiger partial charge in [-0.25, -0.2) is 0 Å². The second kappa shape index (κ2) is 3.48. The SMILES string of the molecule is C=C1OC(CC)C(C)C(O)C1C. The molecule has 0 aromatic heterocycles. The van der Waals surface area contributed by atoms with Crippen molar-refractivity contribution in [2.45, 2.75) is 39.4 Å². The van der Waals surface area contributed by atoms with Crippen molar-refractivity contribution >= 4 is 0 Å². The minimum absolute atomic E-state index is 0.0720. The highest BCUT2D eigenvalue weighted by atomic mass is 16.5. The van der Waals surface area contributed by atoms with Crippen LogP contribution in [0.25, 0.3) is 0 Å². The zero-order valence-corrected chi connectivity index (χ0v) is 8.08. The molecule has 70 valence electrons. The van der Waals surface area contributed by atoms with Crippen molar-refractivity contribution in [2.24, 2.45) is 11.8 Å². The largest absolute Gasteiger partial charge is 0.495 e. The minimum atomic E-state index is -0.295. The number of aliphatic hydroxyl groups is 1. The van der Waals surface area contributed by atoms with E-state index in [0.717, 1.165) is 12.2 Å². The molecular formula is C10H18O2. The van der Waals surface area contributed by atoms with Crippen molar-refractivity contribution in [1.29, 1.82) is 0 Å². The average molecular weight is 170 g/mol. The van der Waals surface area contributed by atoms with Gasteiger partial charge in [0.05, 0.1) is 11.9 Å². The van der Waals surface area contributed by atoms with E-state index in [-0.39, 0.29) is 24.0 Å². The Morgan fingerprint density at radius 3 is 2.58 bits per heavy atom. The summed E-state index contributed by atoms with van der Waals surface area (Å²) >= 11 is 0. The number of aliphatic hydroxyl groups excluding tert-OH is 1. The van der Waals surface area contributed by atoms with Gasteiger partial charge in [0.15, 0.2) is 0 Å². The highest BCUT2D eigenvalue weighted by Gasteiger charge is 2.35. The fraction of sp³-hybridized carbons (Fsp3) is 0.800. The molecule has 4 atom stereocenters. The predicted octanol–water partition coefficient (Wildman–Crippen LogP) is 1.94. The van der Waals surface area contributed by atoms with E-state index >= 15 is 0 Å². The molecule has 1 heterocycles. The Morgan fingerprint density at radius 2 is 2.08 bits per heavy atom. The summed E-state index contributed by atoms with van der Waals surface area (Å²) < 4.78 is 5.58. The van der Waals surface area contributed by atoms with Crippen molar-refractivity contribution in [3.63, 3.8) is 0 Å². The lowest BCUT2D eigenvalue weighted by atomic mass is 9.84. The summed E-state index contributed by atoms with van der Waals surface area (Å²) in [5.74, 6) is 1.02. The monoisotopic (exact) mass is 170 g/mol. The molecule has 1 fully saturated rings. The van der Waals surface area contributed by atoms with E-state index < -0.39 is 0 Å². The maximum atomic E-state index is 9.78. The van der Waals surface area contributed by atoms with Crippen LogP contribution in [0.4, 0.5) is 0 Å². The standard InChI is InChI=1S/C10H18O2/c1-5-9-7(3)10(11)6(2)8(4)12-9/h6-7,9-11H,4-5H2,1-3H3. The van der Waals surface area contributed by atoms with E-state index in [1.807, 2.05) is 13.8 Å². The third-order valence-corrected chi connectivity index (χ3v) is 2.85. The maximum Gasteiger partial charge on any atom is 0.103 e. The Kier molecular flexibility index (Phi) is 2.78. The van der Waals surface area contributed by atoms with Gasteiger partial charge in [-0.15, -0.1) is 0 Å². The predicted molar refractivity (Wildman–Crippen MR) is 48.6 cm³/mol. The van der Waals surface area contributed by atoms with Gasteiger partial charge < -0.3 is 9.84 Å². The molecule has 1 aliphatic rings. The first kappa shape index (κ1) is 9.59. The van der Waals surface area contributed by atoms with Crippen molar-refractivity contribution < 1.29 is 9.84 Å². The molecule has 0 saturated carbocycles.